The zero-order valence-corrected chi connectivity index (χ0v) is 12.7. The first kappa shape index (κ1) is 15.8. The summed E-state index contributed by atoms with van der Waals surface area (Å²) in [7, 11) is 0. The van der Waals surface area contributed by atoms with Crippen molar-refractivity contribution in [3.63, 3.8) is 0 Å². The number of aliphatic hydroxyl groups excluding tert-OH is 2. The first-order chi connectivity index (χ1) is 11.1. The van der Waals surface area contributed by atoms with E-state index >= 15 is 0 Å². The molecule has 1 fully saturated rings. The van der Waals surface area contributed by atoms with Crippen molar-refractivity contribution in [2.45, 2.75) is 44.6 Å². The molecule has 3 unspecified atom stereocenters. The molecular formula is C14H19N5O4. The molecule has 0 saturated carbocycles. The number of ether oxygens (including phenoxy) is 1. The molecule has 0 spiro atoms. The van der Waals surface area contributed by atoms with Crippen molar-refractivity contribution >= 4 is 0 Å². The third kappa shape index (κ3) is 3.03. The molecule has 3 heterocycles. The fourth-order valence-corrected chi connectivity index (χ4v) is 2.72. The van der Waals surface area contributed by atoms with E-state index in [1.165, 1.54) is 21.9 Å². The highest BCUT2D eigenvalue weighted by atomic mass is 16.5. The molecule has 0 amide bonds. The first-order valence-corrected chi connectivity index (χ1v) is 7.55. The van der Waals surface area contributed by atoms with Crippen LogP contribution in [0.2, 0.25) is 0 Å². The van der Waals surface area contributed by atoms with Crippen molar-refractivity contribution in [3.05, 3.63) is 34.9 Å². The summed E-state index contributed by atoms with van der Waals surface area (Å²) in [6.07, 6.45) is 4.25. The van der Waals surface area contributed by atoms with Crippen LogP contribution >= 0.6 is 0 Å². The van der Waals surface area contributed by atoms with Crippen LogP contribution < -0.4 is 5.69 Å². The van der Waals surface area contributed by atoms with Crippen molar-refractivity contribution in [2.24, 2.45) is 0 Å². The molecule has 2 N–H and O–H groups in total. The summed E-state index contributed by atoms with van der Waals surface area (Å²) in [5.41, 5.74) is 0.342. The molecule has 0 radical (unpaired) electrons. The van der Waals surface area contributed by atoms with Crippen LogP contribution in [-0.2, 0) is 11.2 Å². The van der Waals surface area contributed by atoms with Crippen LogP contribution in [0.4, 0.5) is 0 Å². The summed E-state index contributed by atoms with van der Waals surface area (Å²) in [5, 5.41) is 23.0. The quantitative estimate of drug-likeness (QED) is 0.756. The fraction of sp³-hybridized carbons (Fsp3) is 0.571. The van der Waals surface area contributed by atoms with E-state index in [1.54, 1.807) is 6.20 Å². The third-order valence-electron chi connectivity index (χ3n) is 3.85. The smallest absolute Gasteiger partial charge is 0.351 e. The predicted molar refractivity (Wildman–Crippen MR) is 79.0 cm³/mol. The Balaban J connectivity index is 1.99. The largest absolute Gasteiger partial charge is 0.394 e. The molecule has 2 aromatic rings. The molecule has 0 aromatic carbocycles. The standard InChI is InChI=1S/C14H19N5O4/c1-2-3-9-5-18(12-4-10(21)11(6-20)23-12)14(22)17-13(9)19-8-15-7-16-19/h5,7-8,10-12,20-21H,2-4,6H2,1H3. The van der Waals surface area contributed by atoms with Gasteiger partial charge < -0.3 is 14.9 Å². The van der Waals surface area contributed by atoms with Gasteiger partial charge in [-0.1, -0.05) is 13.3 Å². The van der Waals surface area contributed by atoms with Crippen molar-refractivity contribution in [2.75, 3.05) is 6.61 Å². The highest BCUT2D eigenvalue weighted by Crippen LogP contribution is 2.28. The average molecular weight is 321 g/mol. The Bertz CT molecular complexity index is 714. The van der Waals surface area contributed by atoms with E-state index in [9.17, 15) is 15.0 Å². The maximum atomic E-state index is 12.3. The minimum absolute atomic E-state index is 0.237. The van der Waals surface area contributed by atoms with Crippen LogP contribution in [0.25, 0.3) is 5.82 Å². The van der Waals surface area contributed by atoms with Crippen molar-refractivity contribution in [1.82, 2.24) is 24.3 Å². The van der Waals surface area contributed by atoms with E-state index in [2.05, 4.69) is 15.1 Å². The van der Waals surface area contributed by atoms with E-state index in [4.69, 9.17) is 4.74 Å². The lowest BCUT2D eigenvalue weighted by atomic mass is 10.1. The van der Waals surface area contributed by atoms with E-state index in [0.29, 0.717) is 12.2 Å². The Morgan fingerprint density at radius 2 is 2.30 bits per heavy atom. The molecule has 124 valence electrons. The second-order valence-electron chi connectivity index (χ2n) is 5.48. The van der Waals surface area contributed by atoms with E-state index in [1.807, 2.05) is 6.92 Å². The summed E-state index contributed by atoms with van der Waals surface area (Å²) in [5.74, 6) is 0.447. The van der Waals surface area contributed by atoms with Crippen molar-refractivity contribution in [1.29, 1.82) is 0 Å². The fourth-order valence-electron chi connectivity index (χ4n) is 2.72. The van der Waals surface area contributed by atoms with Gasteiger partial charge in [0.1, 0.15) is 25.0 Å². The van der Waals surface area contributed by atoms with Crippen LogP contribution in [0.3, 0.4) is 0 Å². The SMILES string of the molecule is CCCc1cn(C2CC(O)C(CO)O2)c(=O)nc1-n1cncn1. The number of rotatable bonds is 5. The van der Waals surface area contributed by atoms with Crippen LogP contribution in [-0.4, -0.2) is 53.3 Å². The summed E-state index contributed by atoms with van der Waals surface area (Å²) in [4.78, 5) is 20.3. The van der Waals surface area contributed by atoms with Gasteiger partial charge in [0.2, 0.25) is 0 Å². The number of nitrogens with zero attached hydrogens (tertiary/aromatic N) is 5. The maximum absolute atomic E-state index is 12.3. The number of hydrogen-bond acceptors (Lipinski definition) is 7. The molecule has 1 aliphatic rings. The van der Waals surface area contributed by atoms with Gasteiger partial charge in [0.25, 0.3) is 0 Å². The Morgan fingerprint density at radius 1 is 1.48 bits per heavy atom. The van der Waals surface area contributed by atoms with Gasteiger partial charge in [-0.25, -0.2) is 14.5 Å². The van der Waals surface area contributed by atoms with E-state index < -0.39 is 24.1 Å². The van der Waals surface area contributed by atoms with E-state index in [-0.39, 0.29) is 13.0 Å². The van der Waals surface area contributed by atoms with Gasteiger partial charge in [-0.3, -0.25) is 4.57 Å². The van der Waals surface area contributed by atoms with Crippen LogP contribution in [0.15, 0.2) is 23.6 Å². The Labute approximate surface area is 132 Å². The first-order valence-electron chi connectivity index (χ1n) is 7.55. The van der Waals surface area contributed by atoms with Crippen LogP contribution in [0.5, 0.6) is 0 Å². The van der Waals surface area contributed by atoms with Crippen LogP contribution in [0, 0.1) is 0 Å². The van der Waals surface area contributed by atoms with Gasteiger partial charge in [0.15, 0.2) is 5.82 Å². The Kier molecular flexibility index (Phi) is 4.51. The minimum atomic E-state index is -0.804. The van der Waals surface area contributed by atoms with Crippen molar-refractivity contribution in [3.8, 4) is 5.82 Å². The Morgan fingerprint density at radius 3 is 2.91 bits per heavy atom. The summed E-state index contributed by atoms with van der Waals surface area (Å²) in [6.45, 7) is 1.73. The molecule has 3 rings (SSSR count). The number of hydrogen-bond donors (Lipinski definition) is 2. The van der Waals surface area contributed by atoms with Gasteiger partial charge in [0, 0.05) is 18.2 Å². The molecule has 2 aromatic heterocycles. The molecule has 0 aliphatic carbocycles. The van der Waals surface area contributed by atoms with Gasteiger partial charge in [-0.15, -0.1) is 0 Å². The zero-order valence-electron chi connectivity index (χ0n) is 12.7. The molecule has 1 aliphatic heterocycles. The second-order valence-corrected chi connectivity index (χ2v) is 5.48. The van der Waals surface area contributed by atoms with Gasteiger partial charge in [-0.2, -0.15) is 10.1 Å². The molecule has 9 nitrogen and oxygen atoms in total. The van der Waals surface area contributed by atoms with E-state index in [0.717, 1.165) is 12.0 Å². The molecule has 23 heavy (non-hydrogen) atoms. The van der Waals surface area contributed by atoms with Gasteiger partial charge >= 0.3 is 5.69 Å². The van der Waals surface area contributed by atoms with Gasteiger partial charge in [-0.05, 0) is 6.42 Å². The number of aryl methyl sites for hydroxylation is 1. The van der Waals surface area contributed by atoms with Crippen molar-refractivity contribution < 1.29 is 14.9 Å². The summed E-state index contributed by atoms with van der Waals surface area (Å²) in [6, 6.07) is 0. The summed E-state index contributed by atoms with van der Waals surface area (Å²) >= 11 is 0. The second kappa shape index (κ2) is 6.57. The highest BCUT2D eigenvalue weighted by Gasteiger charge is 2.35. The van der Waals surface area contributed by atoms with Crippen LogP contribution in [0.1, 0.15) is 31.6 Å². The summed E-state index contributed by atoms with van der Waals surface area (Å²) < 4.78 is 8.36. The zero-order chi connectivity index (χ0) is 16.4. The molecule has 9 heteroatoms. The number of aliphatic hydroxyl groups is 2. The molecule has 0 bridgehead atoms. The molecule has 3 atom stereocenters. The topological polar surface area (TPSA) is 115 Å². The molecular weight excluding hydrogens is 302 g/mol. The number of aromatic nitrogens is 5. The maximum Gasteiger partial charge on any atom is 0.351 e. The predicted octanol–water partition coefficient (Wildman–Crippen LogP) is -0.583. The minimum Gasteiger partial charge on any atom is -0.394 e. The lowest BCUT2D eigenvalue weighted by molar-refractivity contribution is -0.0459. The normalized spacial score (nSPS) is 24.2. The lowest BCUT2D eigenvalue weighted by Gasteiger charge is -2.17. The molecule has 1 saturated heterocycles. The van der Waals surface area contributed by atoms with Gasteiger partial charge in [0.05, 0.1) is 12.7 Å². The monoisotopic (exact) mass is 321 g/mol. The Hall–Kier alpha value is -2.10. The third-order valence-corrected chi connectivity index (χ3v) is 3.85. The highest BCUT2D eigenvalue weighted by molar-refractivity contribution is 5.30. The average Bonchev–Trinajstić information content (AvgIpc) is 3.18. The lowest BCUT2D eigenvalue weighted by Crippen LogP contribution is -2.30.